The summed E-state index contributed by atoms with van der Waals surface area (Å²) in [6.45, 7) is 0.665. The Kier molecular flexibility index (Phi) is 4.42. The fourth-order valence-electron chi connectivity index (χ4n) is 2.83. The first kappa shape index (κ1) is 15.9. The molecule has 0 saturated heterocycles. The van der Waals surface area contributed by atoms with Crippen LogP contribution in [0.4, 0.5) is 0 Å². The van der Waals surface area contributed by atoms with Gasteiger partial charge in [-0.2, -0.15) is 0 Å². The summed E-state index contributed by atoms with van der Waals surface area (Å²) < 4.78 is 10.5. The fraction of sp³-hybridized carbons (Fsp3) is 0.211. The van der Waals surface area contributed by atoms with Gasteiger partial charge in [-0.05, 0) is 23.3 Å². The predicted molar refractivity (Wildman–Crippen MR) is 91.0 cm³/mol. The molecule has 0 aliphatic carbocycles. The highest BCUT2D eigenvalue weighted by Gasteiger charge is 2.31. The monoisotopic (exact) mass is 325 g/mol. The van der Waals surface area contributed by atoms with Crippen LogP contribution in [0.3, 0.4) is 0 Å². The Hall–Kier alpha value is -2.95. The normalized spacial score (nSPS) is 14.2. The van der Waals surface area contributed by atoms with Gasteiger partial charge in [0.1, 0.15) is 5.76 Å². The van der Waals surface area contributed by atoms with E-state index in [0.29, 0.717) is 29.2 Å². The summed E-state index contributed by atoms with van der Waals surface area (Å²) in [5.74, 6) is 0.976. The standard InChI is InChI=1S/C19H19NO4/c1-23-16-9-8-14(10-17(16)24-2)18-15(21)12-20(19(18)22)11-13-6-4-3-5-7-13/h3-10,21H,11-12H2,1-2H3. The van der Waals surface area contributed by atoms with Crippen molar-refractivity contribution in [3.63, 3.8) is 0 Å². The molecule has 0 fully saturated rings. The third-order valence-electron chi connectivity index (χ3n) is 4.02. The van der Waals surface area contributed by atoms with Crippen LogP contribution in [0.2, 0.25) is 0 Å². The molecule has 1 amide bonds. The van der Waals surface area contributed by atoms with Crippen LogP contribution >= 0.6 is 0 Å². The number of aliphatic hydroxyl groups is 1. The number of methoxy groups -OCH3 is 2. The van der Waals surface area contributed by atoms with Crippen LogP contribution in [0, 0.1) is 0 Å². The lowest BCUT2D eigenvalue weighted by molar-refractivity contribution is -0.124. The van der Waals surface area contributed by atoms with Crippen LogP contribution in [0.25, 0.3) is 5.57 Å². The van der Waals surface area contributed by atoms with Crippen molar-refractivity contribution in [2.24, 2.45) is 0 Å². The van der Waals surface area contributed by atoms with Gasteiger partial charge in [-0.3, -0.25) is 4.79 Å². The summed E-state index contributed by atoms with van der Waals surface area (Å²) >= 11 is 0. The van der Waals surface area contributed by atoms with Crippen LogP contribution in [-0.4, -0.2) is 36.7 Å². The van der Waals surface area contributed by atoms with Crippen molar-refractivity contribution in [2.45, 2.75) is 6.54 Å². The highest BCUT2D eigenvalue weighted by Crippen LogP contribution is 2.34. The molecule has 0 atom stereocenters. The number of rotatable bonds is 5. The fourth-order valence-corrected chi connectivity index (χ4v) is 2.83. The molecule has 0 radical (unpaired) electrons. The van der Waals surface area contributed by atoms with Gasteiger partial charge in [0, 0.05) is 6.54 Å². The smallest absolute Gasteiger partial charge is 0.258 e. The molecule has 2 aromatic rings. The topological polar surface area (TPSA) is 59.0 Å². The third-order valence-corrected chi connectivity index (χ3v) is 4.02. The molecule has 0 unspecified atom stereocenters. The van der Waals surface area contributed by atoms with E-state index in [-0.39, 0.29) is 18.2 Å². The second kappa shape index (κ2) is 6.66. The summed E-state index contributed by atoms with van der Waals surface area (Å²) in [6.07, 6.45) is 0. The lowest BCUT2D eigenvalue weighted by atomic mass is 10.0. The molecule has 5 heteroatoms. The van der Waals surface area contributed by atoms with Crippen molar-refractivity contribution in [1.82, 2.24) is 4.90 Å². The van der Waals surface area contributed by atoms with E-state index in [9.17, 15) is 9.90 Å². The predicted octanol–water partition coefficient (Wildman–Crippen LogP) is 3.02. The van der Waals surface area contributed by atoms with Gasteiger partial charge in [0.2, 0.25) is 0 Å². The quantitative estimate of drug-likeness (QED) is 0.918. The number of hydrogen-bond donors (Lipinski definition) is 1. The second-order valence-corrected chi connectivity index (χ2v) is 5.54. The van der Waals surface area contributed by atoms with Crippen molar-refractivity contribution in [3.8, 4) is 11.5 Å². The van der Waals surface area contributed by atoms with E-state index in [4.69, 9.17) is 9.47 Å². The number of benzene rings is 2. The second-order valence-electron chi connectivity index (χ2n) is 5.54. The highest BCUT2D eigenvalue weighted by molar-refractivity contribution is 6.22. The van der Waals surface area contributed by atoms with Gasteiger partial charge >= 0.3 is 0 Å². The van der Waals surface area contributed by atoms with E-state index in [1.807, 2.05) is 30.3 Å². The molecule has 0 bridgehead atoms. The summed E-state index contributed by atoms with van der Waals surface area (Å²) in [6, 6.07) is 14.9. The van der Waals surface area contributed by atoms with Gasteiger partial charge < -0.3 is 19.5 Å². The Morgan fingerprint density at radius 1 is 1.04 bits per heavy atom. The SMILES string of the molecule is COc1ccc(C2=C(O)CN(Cc3ccccc3)C2=O)cc1OC. The van der Waals surface area contributed by atoms with Crippen LogP contribution < -0.4 is 9.47 Å². The maximum Gasteiger partial charge on any atom is 0.258 e. The minimum atomic E-state index is -0.191. The number of carbonyl (C=O) groups is 1. The Morgan fingerprint density at radius 2 is 1.75 bits per heavy atom. The van der Waals surface area contributed by atoms with E-state index in [1.54, 1.807) is 30.2 Å². The zero-order chi connectivity index (χ0) is 17.1. The minimum Gasteiger partial charge on any atom is -0.510 e. The summed E-state index contributed by atoms with van der Waals surface area (Å²) in [5.41, 5.74) is 1.95. The highest BCUT2D eigenvalue weighted by atomic mass is 16.5. The molecule has 2 aromatic carbocycles. The van der Waals surface area contributed by atoms with Crippen molar-refractivity contribution >= 4 is 11.5 Å². The maximum absolute atomic E-state index is 12.7. The number of carbonyl (C=O) groups excluding carboxylic acids is 1. The lowest BCUT2D eigenvalue weighted by Gasteiger charge is -2.16. The summed E-state index contributed by atoms with van der Waals surface area (Å²) in [5, 5.41) is 10.3. The van der Waals surface area contributed by atoms with E-state index >= 15 is 0 Å². The lowest BCUT2D eigenvalue weighted by Crippen LogP contribution is -2.26. The molecule has 1 aliphatic heterocycles. The number of amides is 1. The van der Waals surface area contributed by atoms with Crippen molar-refractivity contribution < 1.29 is 19.4 Å². The first-order valence-corrected chi connectivity index (χ1v) is 7.61. The third kappa shape index (κ3) is 2.93. The largest absolute Gasteiger partial charge is 0.510 e. The van der Waals surface area contributed by atoms with Crippen molar-refractivity contribution in [2.75, 3.05) is 20.8 Å². The maximum atomic E-state index is 12.7. The van der Waals surface area contributed by atoms with Gasteiger partial charge in [0.15, 0.2) is 11.5 Å². The van der Waals surface area contributed by atoms with Gasteiger partial charge in [0.05, 0.1) is 26.3 Å². The average Bonchev–Trinajstić information content (AvgIpc) is 2.89. The Morgan fingerprint density at radius 3 is 2.42 bits per heavy atom. The molecule has 1 aliphatic rings. The first-order valence-electron chi connectivity index (χ1n) is 7.61. The molecular formula is C19H19NO4. The molecule has 3 rings (SSSR count). The Labute approximate surface area is 140 Å². The summed E-state index contributed by atoms with van der Waals surface area (Å²) in [4.78, 5) is 14.3. The van der Waals surface area contributed by atoms with Crippen LogP contribution in [0.5, 0.6) is 11.5 Å². The average molecular weight is 325 g/mol. The van der Waals surface area contributed by atoms with Gasteiger partial charge in [-0.1, -0.05) is 36.4 Å². The molecule has 1 N–H and O–H groups in total. The van der Waals surface area contributed by atoms with E-state index in [0.717, 1.165) is 5.56 Å². The zero-order valence-electron chi connectivity index (χ0n) is 13.7. The van der Waals surface area contributed by atoms with Gasteiger partial charge in [-0.15, -0.1) is 0 Å². The Bertz CT molecular complexity index is 783. The molecule has 1 heterocycles. The number of nitrogens with zero attached hydrogens (tertiary/aromatic N) is 1. The van der Waals surface area contributed by atoms with Crippen molar-refractivity contribution in [3.05, 3.63) is 65.4 Å². The first-order chi connectivity index (χ1) is 11.6. The zero-order valence-corrected chi connectivity index (χ0v) is 13.7. The number of hydrogen-bond acceptors (Lipinski definition) is 4. The van der Waals surface area contributed by atoms with E-state index in [1.165, 1.54) is 7.11 Å². The van der Waals surface area contributed by atoms with Crippen LogP contribution in [0.1, 0.15) is 11.1 Å². The van der Waals surface area contributed by atoms with Crippen molar-refractivity contribution in [1.29, 1.82) is 0 Å². The molecule has 24 heavy (non-hydrogen) atoms. The molecule has 0 spiro atoms. The van der Waals surface area contributed by atoms with Gasteiger partial charge in [-0.25, -0.2) is 0 Å². The van der Waals surface area contributed by atoms with Crippen LogP contribution in [0.15, 0.2) is 54.3 Å². The molecule has 0 aromatic heterocycles. The molecule has 0 saturated carbocycles. The van der Waals surface area contributed by atoms with E-state index in [2.05, 4.69) is 0 Å². The van der Waals surface area contributed by atoms with Gasteiger partial charge in [0.25, 0.3) is 5.91 Å². The number of aliphatic hydroxyl groups excluding tert-OH is 1. The van der Waals surface area contributed by atoms with E-state index < -0.39 is 0 Å². The molecule has 124 valence electrons. The number of ether oxygens (including phenoxy) is 2. The summed E-state index contributed by atoms with van der Waals surface area (Å²) in [7, 11) is 3.09. The van der Waals surface area contributed by atoms with Crippen LogP contribution in [-0.2, 0) is 11.3 Å². The molecule has 5 nitrogen and oxygen atoms in total. The molecular weight excluding hydrogens is 306 g/mol. The Balaban J connectivity index is 1.86. The minimum absolute atomic E-state index is 0.0724.